The van der Waals surface area contributed by atoms with Crippen molar-refractivity contribution in [3.05, 3.63) is 210 Å². The quantitative estimate of drug-likeness (QED) is 0.129. The number of nitrogens with zero attached hydrogens (tertiary/aromatic N) is 1. The Bertz CT molecular complexity index is 2700. The summed E-state index contributed by atoms with van der Waals surface area (Å²) in [6.07, 6.45) is 14.1. The van der Waals surface area contributed by atoms with Gasteiger partial charge in [0.1, 0.15) is 0 Å². The second kappa shape index (κ2) is 11.5. The molecule has 1 aromatic heterocycles. The van der Waals surface area contributed by atoms with Crippen molar-refractivity contribution in [1.82, 2.24) is 4.57 Å². The Balaban J connectivity index is 1.31. The molecule has 1 spiro atoms. The van der Waals surface area contributed by atoms with Gasteiger partial charge in [-0.15, -0.1) is 6.42 Å². The van der Waals surface area contributed by atoms with Crippen molar-refractivity contribution in [2.75, 3.05) is 0 Å². The highest BCUT2D eigenvalue weighted by Crippen LogP contribution is 2.64. The summed E-state index contributed by atoms with van der Waals surface area (Å²) in [5.74, 6) is 2.57. The predicted molar refractivity (Wildman–Crippen MR) is 213 cm³/mol. The first-order valence-electron chi connectivity index (χ1n) is 17.6. The zero-order chi connectivity index (χ0) is 33.9. The highest BCUT2D eigenvalue weighted by atomic mass is 15.0. The molecule has 0 amide bonds. The van der Waals surface area contributed by atoms with E-state index in [4.69, 9.17) is 6.42 Å². The van der Waals surface area contributed by atoms with Crippen LogP contribution in [0.1, 0.15) is 27.8 Å². The largest absolute Gasteiger partial charge is 0.309 e. The van der Waals surface area contributed by atoms with Gasteiger partial charge in [-0.2, -0.15) is 0 Å². The molecule has 0 fully saturated rings. The summed E-state index contributed by atoms with van der Waals surface area (Å²) in [7, 11) is 0. The van der Waals surface area contributed by atoms with E-state index in [1.54, 1.807) is 6.08 Å². The van der Waals surface area contributed by atoms with Crippen molar-refractivity contribution in [3.63, 3.8) is 0 Å². The van der Waals surface area contributed by atoms with Gasteiger partial charge in [-0.25, -0.2) is 0 Å². The minimum atomic E-state index is -0.455. The van der Waals surface area contributed by atoms with Gasteiger partial charge in [0.25, 0.3) is 0 Å². The molecule has 51 heavy (non-hydrogen) atoms. The molecule has 1 heterocycles. The lowest BCUT2D eigenvalue weighted by molar-refractivity contribution is 0.797. The van der Waals surface area contributed by atoms with Crippen molar-refractivity contribution in [2.45, 2.75) is 11.8 Å². The lowest BCUT2D eigenvalue weighted by atomic mass is 9.70. The highest BCUT2D eigenvalue weighted by molar-refractivity contribution is 6.14. The van der Waals surface area contributed by atoms with Crippen molar-refractivity contribution in [1.29, 1.82) is 0 Å². The molecule has 0 saturated carbocycles. The van der Waals surface area contributed by atoms with Gasteiger partial charge in [0.15, 0.2) is 0 Å². The molecule has 0 unspecified atom stereocenters. The standard InChI is InChI=1S/C50H33N/c1-2-3-4-5-7-16-34-25-32-47-43(33-34)42-31-30-41-40-21-12-15-24-46(40)50(44-22-13-10-19-38(44)39-20-11-14-23-45(39)50)48(41)49(42)51(47)37-28-26-36(27-29-37)35-17-8-6-9-18-35/h1,3-15,17-33H,16H2/b4-3-,7-5-. The lowest BCUT2D eigenvalue weighted by Crippen LogP contribution is -2.26. The Kier molecular flexibility index (Phi) is 6.60. The van der Waals surface area contributed by atoms with Gasteiger partial charge in [-0.1, -0.05) is 158 Å². The van der Waals surface area contributed by atoms with Crippen molar-refractivity contribution >= 4 is 21.8 Å². The van der Waals surface area contributed by atoms with E-state index in [1.807, 2.05) is 12.2 Å². The van der Waals surface area contributed by atoms with Crippen LogP contribution < -0.4 is 0 Å². The van der Waals surface area contributed by atoms with Crippen LogP contribution in [-0.4, -0.2) is 4.57 Å². The Morgan fingerprint density at radius 1 is 0.549 bits per heavy atom. The van der Waals surface area contributed by atoms with Crippen LogP contribution in [-0.2, 0) is 11.8 Å². The minimum Gasteiger partial charge on any atom is -0.309 e. The zero-order valence-electron chi connectivity index (χ0n) is 28.1. The Hall–Kier alpha value is -6.62. The summed E-state index contributed by atoms with van der Waals surface area (Å²) in [6.45, 7) is 0. The fourth-order valence-corrected chi connectivity index (χ4v) is 8.96. The molecular weight excluding hydrogens is 615 g/mol. The Morgan fingerprint density at radius 3 is 1.82 bits per heavy atom. The molecule has 0 bridgehead atoms. The van der Waals surface area contributed by atoms with Gasteiger partial charge in [-0.05, 0) is 92.4 Å². The van der Waals surface area contributed by atoms with Crippen molar-refractivity contribution in [3.8, 4) is 51.4 Å². The Morgan fingerprint density at radius 2 is 1.16 bits per heavy atom. The molecular formula is C50H33N. The summed E-state index contributed by atoms with van der Waals surface area (Å²) in [5.41, 5.74) is 17.5. The summed E-state index contributed by atoms with van der Waals surface area (Å²) in [5, 5.41) is 2.53. The number of hydrogen-bond donors (Lipinski definition) is 0. The number of rotatable bonds is 5. The Labute approximate surface area is 298 Å². The molecule has 0 atom stereocenters. The lowest BCUT2D eigenvalue weighted by Gasteiger charge is -2.31. The third kappa shape index (κ3) is 4.18. The van der Waals surface area contributed by atoms with Gasteiger partial charge >= 0.3 is 0 Å². The SMILES string of the molecule is C#C/C=C\C=C/Cc1ccc2c(c1)c1ccc3c(c1n2-c1ccc(-c2ccccc2)cc1)C1(c2ccccc2-c2ccccc21)c1ccccc1-3. The van der Waals surface area contributed by atoms with Crippen molar-refractivity contribution in [2.24, 2.45) is 0 Å². The molecule has 0 saturated heterocycles. The molecule has 2 aliphatic rings. The fraction of sp³-hybridized carbons (Fsp3) is 0.0400. The van der Waals surface area contributed by atoms with Gasteiger partial charge < -0.3 is 4.57 Å². The molecule has 8 aromatic rings. The maximum absolute atomic E-state index is 5.41. The fourth-order valence-electron chi connectivity index (χ4n) is 8.96. The zero-order valence-corrected chi connectivity index (χ0v) is 28.1. The minimum absolute atomic E-state index is 0.455. The summed E-state index contributed by atoms with van der Waals surface area (Å²) in [4.78, 5) is 0. The van der Waals surface area contributed by atoms with Crippen LogP contribution in [0.2, 0.25) is 0 Å². The number of aromatic nitrogens is 1. The topological polar surface area (TPSA) is 4.93 Å². The average molecular weight is 648 g/mol. The molecule has 0 N–H and O–H groups in total. The molecule has 2 aliphatic carbocycles. The van der Waals surface area contributed by atoms with Gasteiger partial charge in [0.2, 0.25) is 0 Å². The van der Waals surface area contributed by atoms with Crippen LogP contribution in [0.5, 0.6) is 0 Å². The van der Waals surface area contributed by atoms with Gasteiger partial charge in [0, 0.05) is 22.0 Å². The second-order valence-corrected chi connectivity index (χ2v) is 13.5. The third-order valence-corrected chi connectivity index (χ3v) is 11.0. The van der Waals surface area contributed by atoms with E-state index in [-0.39, 0.29) is 0 Å². The van der Waals surface area contributed by atoms with Crippen LogP contribution in [0.4, 0.5) is 0 Å². The van der Waals surface area contributed by atoms with Crippen LogP contribution in [0.15, 0.2) is 182 Å². The molecule has 1 nitrogen and oxygen atoms in total. The summed E-state index contributed by atoms with van der Waals surface area (Å²) >= 11 is 0. The number of hydrogen-bond acceptors (Lipinski definition) is 0. The van der Waals surface area contributed by atoms with Crippen LogP contribution >= 0.6 is 0 Å². The van der Waals surface area contributed by atoms with Gasteiger partial charge in [0.05, 0.1) is 16.4 Å². The summed E-state index contributed by atoms with van der Waals surface area (Å²) in [6, 6.07) is 58.7. The van der Waals surface area contributed by atoms with E-state index in [0.29, 0.717) is 0 Å². The molecule has 7 aromatic carbocycles. The van der Waals surface area contributed by atoms with E-state index < -0.39 is 5.41 Å². The van der Waals surface area contributed by atoms with E-state index >= 15 is 0 Å². The van der Waals surface area contributed by atoms with Crippen LogP contribution in [0, 0.1) is 12.3 Å². The first-order chi connectivity index (χ1) is 25.3. The van der Waals surface area contributed by atoms with Crippen LogP contribution in [0.3, 0.4) is 0 Å². The van der Waals surface area contributed by atoms with Crippen molar-refractivity contribution < 1.29 is 0 Å². The smallest absolute Gasteiger partial charge is 0.0746 e. The first-order valence-corrected chi connectivity index (χ1v) is 17.6. The van der Waals surface area contributed by atoms with E-state index in [1.165, 1.54) is 83.0 Å². The van der Waals surface area contributed by atoms with E-state index in [9.17, 15) is 0 Å². The molecule has 0 aliphatic heterocycles. The first kappa shape index (κ1) is 29.3. The normalized spacial score (nSPS) is 13.5. The number of fused-ring (bicyclic) bond motifs is 14. The maximum atomic E-state index is 5.41. The molecule has 0 radical (unpaired) electrons. The number of allylic oxidation sites excluding steroid dienone is 4. The van der Waals surface area contributed by atoms with E-state index in [0.717, 1.165) is 12.1 Å². The number of benzene rings is 7. The van der Waals surface area contributed by atoms with E-state index in [2.05, 4.69) is 174 Å². The van der Waals surface area contributed by atoms with Gasteiger partial charge in [-0.3, -0.25) is 0 Å². The number of terminal acetylenes is 1. The maximum Gasteiger partial charge on any atom is 0.0746 e. The second-order valence-electron chi connectivity index (χ2n) is 13.5. The average Bonchev–Trinajstić information content (AvgIpc) is 3.80. The van der Waals surface area contributed by atoms with Crippen LogP contribution in [0.25, 0.3) is 60.9 Å². The summed E-state index contributed by atoms with van der Waals surface area (Å²) < 4.78 is 2.53. The molecule has 1 heteroatoms. The monoisotopic (exact) mass is 647 g/mol. The predicted octanol–water partition coefficient (Wildman–Crippen LogP) is 12.1. The molecule has 238 valence electrons. The third-order valence-electron chi connectivity index (χ3n) is 11.0. The molecule has 10 rings (SSSR count). The highest BCUT2D eigenvalue weighted by Gasteiger charge is 2.53.